The molecule has 3 rings (SSSR count). The summed E-state index contributed by atoms with van der Waals surface area (Å²) in [5, 5.41) is 0. The number of nitrogens with one attached hydrogen (secondary N) is 2. The fourth-order valence-electron chi connectivity index (χ4n) is 2.75. The topological polar surface area (TPSA) is 108 Å². The average Bonchev–Trinajstić information content (AvgIpc) is 2.78. The zero-order chi connectivity index (χ0) is 22.4. The monoisotopic (exact) mass is 438 g/mol. The molecule has 2 amide bonds. The Morgan fingerprint density at radius 2 is 1.52 bits per heavy atom. The summed E-state index contributed by atoms with van der Waals surface area (Å²) >= 11 is 0. The Balaban J connectivity index is 1.59. The molecular weight excluding hydrogens is 416 g/mol. The number of sulfonamides is 1. The Morgan fingerprint density at radius 1 is 0.903 bits per heavy atom. The summed E-state index contributed by atoms with van der Waals surface area (Å²) in [6, 6.07) is 16.3. The standard InChI is InChI=1S/C22H22N4O4S/c1-16-5-11-20(12-6-16)31(29,30)26(2)15-17-7-9-18(10-8-17)21(27)24-25-22(28)19-4-3-13-23-14-19/h3-14H,15H2,1-2H3,(H,24,27)(H,25,28). The lowest BCUT2D eigenvalue weighted by Crippen LogP contribution is -2.41. The Bertz CT molecular complexity index is 1160. The number of hydrogen-bond donors (Lipinski definition) is 2. The fraction of sp³-hybridized carbons (Fsp3) is 0.136. The first-order valence-corrected chi connectivity index (χ1v) is 10.8. The molecule has 0 spiro atoms. The predicted molar refractivity (Wildman–Crippen MR) is 115 cm³/mol. The maximum Gasteiger partial charge on any atom is 0.271 e. The first-order valence-electron chi connectivity index (χ1n) is 9.40. The largest absolute Gasteiger partial charge is 0.271 e. The van der Waals surface area contributed by atoms with Gasteiger partial charge in [-0.25, -0.2) is 8.42 Å². The average molecular weight is 439 g/mol. The number of amides is 2. The van der Waals surface area contributed by atoms with Gasteiger partial charge in [0.05, 0.1) is 10.5 Å². The molecule has 0 bridgehead atoms. The number of benzene rings is 2. The van der Waals surface area contributed by atoms with Gasteiger partial charge in [0, 0.05) is 31.5 Å². The van der Waals surface area contributed by atoms with Crippen LogP contribution in [0.5, 0.6) is 0 Å². The molecule has 3 aromatic rings. The molecule has 160 valence electrons. The minimum atomic E-state index is -3.62. The van der Waals surface area contributed by atoms with E-state index < -0.39 is 21.8 Å². The maximum atomic E-state index is 12.7. The number of rotatable bonds is 6. The molecule has 0 aliphatic heterocycles. The molecule has 0 saturated carbocycles. The molecule has 0 unspecified atom stereocenters. The quantitative estimate of drug-likeness (QED) is 0.574. The number of aromatic nitrogens is 1. The second-order valence-electron chi connectivity index (χ2n) is 6.92. The van der Waals surface area contributed by atoms with Gasteiger partial charge in [0.25, 0.3) is 11.8 Å². The predicted octanol–water partition coefficient (Wildman–Crippen LogP) is 2.29. The van der Waals surface area contributed by atoms with E-state index in [1.165, 1.54) is 17.5 Å². The molecule has 0 saturated heterocycles. The van der Waals surface area contributed by atoms with Crippen molar-refractivity contribution in [2.75, 3.05) is 7.05 Å². The zero-order valence-electron chi connectivity index (χ0n) is 17.1. The molecule has 31 heavy (non-hydrogen) atoms. The van der Waals surface area contributed by atoms with E-state index in [9.17, 15) is 18.0 Å². The highest BCUT2D eigenvalue weighted by Gasteiger charge is 2.20. The minimum absolute atomic E-state index is 0.149. The number of hydrogen-bond acceptors (Lipinski definition) is 5. The Morgan fingerprint density at radius 3 is 2.10 bits per heavy atom. The second-order valence-corrected chi connectivity index (χ2v) is 8.97. The Kier molecular flexibility index (Phi) is 6.78. The molecule has 0 aliphatic carbocycles. The van der Waals surface area contributed by atoms with Crippen LogP contribution < -0.4 is 10.9 Å². The van der Waals surface area contributed by atoms with Crippen LogP contribution in [0.2, 0.25) is 0 Å². The van der Waals surface area contributed by atoms with Crippen molar-refractivity contribution in [2.45, 2.75) is 18.4 Å². The van der Waals surface area contributed by atoms with Gasteiger partial charge in [-0.05, 0) is 48.9 Å². The third-order valence-electron chi connectivity index (χ3n) is 4.56. The van der Waals surface area contributed by atoms with Crippen LogP contribution in [0.1, 0.15) is 31.8 Å². The lowest BCUT2D eigenvalue weighted by Gasteiger charge is -2.17. The van der Waals surface area contributed by atoms with Gasteiger partial charge in [-0.2, -0.15) is 4.31 Å². The molecule has 2 N–H and O–H groups in total. The summed E-state index contributed by atoms with van der Waals surface area (Å²) in [7, 11) is -2.12. The molecule has 8 nitrogen and oxygen atoms in total. The molecule has 0 fully saturated rings. The third-order valence-corrected chi connectivity index (χ3v) is 6.38. The lowest BCUT2D eigenvalue weighted by atomic mass is 10.1. The number of carbonyl (C=O) groups is 2. The van der Waals surface area contributed by atoms with Crippen LogP contribution in [0.15, 0.2) is 78.0 Å². The van der Waals surface area contributed by atoms with Crippen molar-refractivity contribution >= 4 is 21.8 Å². The van der Waals surface area contributed by atoms with Crippen LogP contribution in [0.25, 0.3) is 0 Å². The van der Waals surface area contributed by atoms with Crippen molar-refractivity contribution in [3.8, 4) is 0 Å². The van der Waals surface area contributed by atoms with Gasteiger partial charge in [-0.15, -0.1) is 0 Å². The first-order chi connectivity index (χ1) is 14.8. The van der Waals surface area contributed by atoms with E-state index in [2.05, 4.69) is 15.8 Å². The van der Waals surface area contributed by atoms with Crippen molar-refractivity contribution in [3.05, 3.63) is 95.3 Å². The van der Waals surface area contributed by atoms with E-state index in [1.807, 2.05) is 6.92 Å². The highest BCUT2D eigenvalue weighted by molar-refractivity contribution is 7.89. The summed E-state index contributed by atoms with van der Waals surface area (Å²) in [5.74, 6) is -0.981. The van der Waals surface area contributed by atoms with E-state index in [0.717, 1.165) is 5.56 Å². The Labute approximate surface area is 181 Å². The fourth-order valence-corrected chi connectivity index (χ4v) is 3.91. The van der Waals surface area contributed by atoms with E-state index >= 15 is 0 Å². The van der Waals surface area contributed by atoms with Crippen LogP contribution in [0.4, 0.5) is 0 Å². The van der Waals surface area contributed by atoms with Gasteiger partial charge in [-0.1, -0.05) is 29.8 Å². The van der Waals surface area contributed by atoms with E-state index in [-0.39, 0.29) is 11.4 Å². The van der Waals surface area contributed by atoms with Crippen molar-refractivity contribution in [2.24, 2.45) is 0 Å². The SMILES string of the molecule is Cc1ccc(S(=O)(=O)N(C)Cc2ccc(C(=O)NNC(=O)c3cccnc3)cc2)cc1. The summed E-state index contributed by atoms with van der Waals surface area (Å²) in [6.07, 6.45) is 2.93. The van der Waals surface area contributed by atoms with E-state index in [0.29, 0.717) is 16.7 Å². The van der Waals surface area contributed by atoms with Gasteiger partial charge in [0.2, 0.25) is 10.0 Å². The number of nitrogens with zero attached hydrogens (tertiary/aromatic N) is 2. The summed E-state index contributed by atoms with van der Waals surface area (Å²) in [4.78, 5) is 28.3. The van der Waals surface area contributed by atoms with E-state index in [4.69, 9.17) is 0 Å². The second kappa shape index (κ2) is 9.50. The number of aryl methyl sites for hydroxylation is 1. The normalized spacial score (nSPS) is 11.2. The van der Waals surface area contributed by atoms with E-state index in [1.54, 1.807) is 66.9 Å². The summed E-state index contributed by atoms with van der Waals surface area (Å²) < 4.78 is 26.7. The molecule has 9 heteroatoms. The highest BCUT2D eigenvalue weighted by Crippen LogP contribution is 2.17. The maximum absolute atomic E-state index is 12.7. The van der Waals surface area contributed by atoms with Crippen LogP contribution >= 0.6 is 0 Å². The Hall–Kier alpha value is -3.56. The van der Waals surface area contributed by atoms with Crippen LogP contribution in [0, 0.1) is 6.92 Å². The molecule has 1 aromatic heterocycles. The zero-order valence-corrected chi connectivity index (χ0v) is 17.9. The smallest absolute Gasteiger partial charge is 0.267 e. The molecular formula is C22H22N4O4S. The molecule has 2 aromatic carbocycles. The van der Waals surface area contributed by atoms with Gasteiger partial charge in [0.15, 0.2) is 0 Å². The molecule has 1 heterocycles. The lowest BCUT2D eigenvalue weighted by molar-refractivity contribution is 0.0846. The van der Waals surface area contributed by atoms with Gasteiger partial charge < -0.3 is 0 Å². The minimum Gasteiger partial charge on any atom is -0.267 e. The van der Waals surface area contributed by atoms with Crippen molar-refractivity contribution < 1.29 is 18.0 Å². The molecule has 0 atom stereocenters. The summed E-state index contributed by atoms with van der Waals surface area (Å²) in [6.45, 7) is 2.04. The van der Waals surface area contributed by atoms with Gasteiger partial charge >= 0.3 is 0 Å². The highest BCUT2D eigenvalue weighted by atomic mass is 32.2. The van der Waals surface area contributed by atoms with Gasteiger partial charge in [-0.3, -0.25) is 25.4 Å². The van der Waals surface area contributed by atoms with Crippen LogP contribution in [-0.2, 0) is 16.6 Å². The number of pyridine rings is 1. The first kappa shape index (κ1) is 22.1. The summed E-state index contributed by atoms with van der Waals surface area (Å²) in [5.41, 5.74) is 6.99. The number of hydrazine groups is 1. The van der Waals surface area contributed by atoms with Crippen molar-refractivity contribution in [3.63, 3.8) is 0 Å². The van der Waals surface area contributed by atoms with Gasteiger partial charge in [0.1, 0.15) is 0 Å². The van der Waals surface area contributed by atoms with Crippen molar-refractivity contribution in [1.82, 2.24) is 20.1 Å². The molecule has 0 radical (unpaired) electrons. The van der Waals surface area contributed by atoms with Crippen LogP contribution in [0.3, 0.4) is 0 Å². The third kappa shape index (κ3) is 5.53. The number of carbonyl (C=O) groups excluding carboxylic acids is 2. The van der Waals surface area contributed by atoms with Crippen molar-refractivity contribution in [1.29, 1.82) is 0 Å². The molecule has 0 aliphatic rings. The van der Waals surface area contributed by atoms with Crippen LogP contribution in [-0.4, -0.2) is 36.6 Å².